The predicted molar refractivity (Wildman–Crippen MR) is 78.2 cm³/mol. The minimum atomic E-state index is -0.816. The van der Waals surface area contributed by atoms with Crippen LogP contribution < -0.4 is 0 Å². The fourth-order valence-corrected chi connectivity index (χ4v) is 3.37. The van der Waals surface area contributed by atoms with Crippen LogP contribution in [0.4, 0.5) is 0 Å². The number of aliphatic hydroxyl groups is 2. The largest absolute Gasteiger partial charge is 0.388 e. The zero-order valence-electron chi connectivity index (χ0n) is 10.5. The van der Waals surface area contributed by atoms with Gasteiger partial charge in [-0.25, -0.2) is 0 Å². The Morgan fingerprint density at radius 2 is 2.05 bits per heavy atom. The number of nitrogens with zero attached hydrogens (tertiary/aromatic N) is 1. The summed E-state index contributed by atoms with van der Waals surface area (Å²) in [6, 6.07) is 5.93. The molecule has 0 aliphatic carbocycles. The number of hydrogen-bond donors (Lipinski definition) is 2. The molecule has 1 aliphatic heterocycles. The second-order valence-corrected chi connectivity index (χ2v) is 6.56. The van der Waals surface area contributed by atoms with Crippen molar-refractivity contribution in [3.8, 4) is 0 Å². The van der Waals surface area contributed by atoms with Gasteiger partial charge in [-0.15, -0.1) is 11.8 Å². The highest BCUT2D eigenvalue weighted by atomic mass is 79.9. The van der Waals surface area contributed by atoms with E-state index in [0.29, 0.717) is 5.75 Å². The van der Waals surface area contributed by atoms with Crippen LogP contribution in [0.5, 0.6) is 0 Å². The first-order valence-corrected chi connectivity index (χ1v) is 7.78. The molecule has 2 atom stereocenters. The molecule has 1 saturated heterocycles. The topological polar surface area (TPSA) is 60.8 Å². The third kappa shape index (κ3) is 3.72. The number of rotatable bonds is 3. The molecule has 2 N–H and O–H groups in total. The molecule has 0 aromatic heterocycles. The van der Waals surface area contributed by atoms with Crippen LogP contribution in [0.3, 0.4) is 0 Å². The lowest BCUT2D eigenvalue weighted by Crippen LogP contribution is -2.31. The molecule has 1 aromatic rings. The molecule has 0 spiro atoms. The number of thioether (sulfide) groups is 1. The highest BCUT2D eigenvalue weighted by Crippen LogP contribution is 2.26. The normalized spacial score (nSPS) is 22.8. The second kappa shape index (κ2) is 6.26. The number of amides is 1. The number of aryl methyl sites for hydroxylation is 1. The van der Waals surface area contributed by atoms with Crippen molar-refractivity contribution in [1.82, 2.24) is 4.90 Å². The van der Waals surface area contributed by atoms with Gasteiger partial charge in [0.05, 0.1) is 18.0 Å². The molecule has 1 amide bonds. The van der Waals surface area contributed by atoms with Gasteiger partial charge in [0.25, 0.3) is 0 Å². The number of β-amino-alcohol motifs (C(OH)–C–C–N with tert-alkyl or cyclic N) is 2. The van der Waals surface area contributed by atoms with Gasteiger partial charge < -0.3 is 15.1 Å². The van der Waals surface area contributed by atoms with E-state index in [1.54, 1.807) is 0 Å². The quantitative estimate of drug-likeness (QED) is 0.813. The predicted octanol–water partition coefficient (Wildman–Crippen LogP) is 1.41. The molecule has 1 aromatic carbocycles. The zero-order valence-corrected chi connectivity index (χ0v) is 12.9. The Morgan fingerprint density at radius 1 is 1.42 bits per heavy atom. The lowest BCUT2D eigenvalue weighted by molar-refractivity contribution is -0.127. The molecule has 1 fully saturated rings. The van der Waals surface area contributed by atoms with E-state index < -0.39 is 12.2 Å². The van der Waals surface area contributed by atoms with E-state index in [4.69, 9.17) is 0 Å². The van der Waals surface area contributed by atoms with Crippen LogP contribution in [0, 0.1) is 6.92 Å². The van der Waals surface area contributed by atoms with Crippen molar-refractivity contribution in [1.29, 1.82) is 0 Å². The van der Waals surface area contributed by atoms with E-state index >= 15 is 0 Å². The van der Waals surface area contributed by atoms with E-state index in [2.05, 4.69) is 15.9 Å². The number of benzene rings is 1. The summed E-state index contributed by atoms with van der Waals surface area (Å²) >= 11 is 4.88. The molecule has 1 heterocycles. The molecule has 6 heteroatoms. The molecular weight excluding hydrogens is 330 g/mol. The second-order valence-electron chi connectivity index (χ2n) is 4.63. The van der Waals surface area contributed by atoms with Crippen molar-refractivity contribution >= 4 is 33.6 Å². The third-order valence-electron chi connectivity index (χ3n) is 3.10. The molecule has 1 aliphatic rings. The van der Waals surface area contributed by atoms with Gasteiger partial charge in [0.1, 0.15) is 0 Å². The molecule has 2 rings (SSSR count). The van der Waals surface area contributed by atoms with E-state index in [0.717, 1.165) is 14.9 Å². The van der Waals surface area contributed by atoms with Crippen molar-refractivity contribution in [2.24, 2.45) is 0 Å². The van der Waals surface area contributed by atoms with Crippen molar-refractivity contribution in [3.63, 3.8) is 0 Å². The Balaban J connectivity index is 1.90. The maximum atomic E-state index is 12.0. The first kappa shape index (κ1) is 14.8. The highest BCUT2D eigenvalue weighted by Gasteiger charge is 2.32. The van der Waals surface area contributed by atoms with Crippen molar-refractivity contribution < 1.29 is 15.0 Å². The summed E-state index contributed by atoms with van der Waals surface area (Å²) in [4.78, 5) is 14.5. The van der Waals surface area contributed by atoms with E-state index in [9.17, 15) is 15.0 Å². The molecular formula is C13H16BrNO3S. The van der Waals surface area contributed by atoms with Gasteiger partial charge in [-0.05, 0) is 30.7 Å². The molecule has 0 saturated carbocycles. The van der Waals surface area contributed by atoms with Crippen LogP contribution in [0.15, 0.2) is 27.6 Å². The van der Waals surface area contributed by atoms with Gasteiger partial charge in [0, 0.05) is 22.5 Å². The van der Waals surface area contributed by atoms with Crippen LogP contribution in [-0.2, 0) is 4.79 Å². The number of halogens is 1. The summed E-state index contributed by atoms with van der Waals surface area (Å²) < 4.78 is 1.02. The zero-order chi connectivity index (χ0) is 14.0. The molecule has 0 bridgehead atoms. The van der Waals surface area contributed by atoms with Gasteiger partial charge in [-0.2, -0.15) is 0 Å². The Hall–Kier alpha value is -0.560. The maximum absolute atomic E-state index is 12.0. The summed E-state index contributed by atoms with van der Waals surface area (Å²) in [6.07, 6.45) is -1.63. The van der Waals surface area contributed by atoms with Gasteiger partial charge in [-0.1, -0.05) is 15.9 Å². The van der Waals surface area contributed by atoms with Gasteiger partial charge in [-0.3, -0.25) is 4.79 Å². The number of hydrogen-bond acceptors (Lipinski definition) is 4. The summed E-state index contributed by atoms with van der Waals surface area (Å²) in [6.45, 7) is 2.45. The number of carbonyl (C=O) groups excluding carboxylic acids is 1. The van der Waals surface area contributed by atoms with Gasteiger partial charge in [0.15, 0.2) is 0 Å². The molecule has 2 unspecified atom stereocenters. The van der Waals surface area contributed by atoms with E-state index in [1.165, 1.54) is 16.7 Å². The third-order valence-corrected chi connectivity index (χ3v) is 4.75. The average molecular weight is 346 g/mol. The van der Waals surface area contributed by atoms with Crippen molar-refractivity contribution in [2.45, 2.75) is 24.0 Å². The summed E-state index contributed by atoms with van der Waals surface area (Å²) in [5.41, 5.74) is 1.12. The SMILES string of the molecule is Cc1cc(Br)ccc1SCC(=O)N1CC(O)C(O)C1. The first-order chi connectivity index (χ1) is 8.97. The monoisotopic (exact) mass is 345 g/mol. The fourth-order valence-electron chi connectivity index (χ4n) is 1.98. The smallest absolute Gasteiger partial charge is 0.233 e. The minimum Gasteiger partial charge on any atom is -0.388 e. The minimum absolute atomic E-state index is 0.0529. The molecule has 0 radical (unpaired) electrons. The molecule has 104 valence electrons. The first-order valence-electron chi connectivity index (χ1n) is 6.00. The van der Waals surface area contributed by atoms with Crippen molar-refractivity contribution in [2.75, 3.05) is 18.8 Å². The standard InChI is InChI=1S/C13H16BrNO3S/c1-8-4-9(14)2-3-12(8)19-7-13(18)15-5-10(16)11(17)6-15/h2-4,10-11,16-17H,5-7H2,1H3. The van der Waals surface area contributed by atoms with Gasteiger partial charge >= 0.3 is 0 Å². The van der Waals surface area contributed by atoms with Gasteiger partial charge in [0.2, 0.25) is 5.91 Å². The Morgan fingerprint density at radius 3 is 2.63 bits per heavy atom. The fraction of sp³-hybridized carbons (Fsp3) is 0.462. The summed E-state index contributed by atoms with van der Waals surface area (Å²) in [5.74, 6) is 0.268. The van der Waals surface area contributed by atoms with Crippen LogP contribution in [0.25, 0.3) is 0 Å². The Labute approximate surface area is 124 Å². The Bertz CT molecular complexity index is 473. The lowest BCUT2D eigenvalue weighted by Gasteiger charge is -2.15. The van der Waals surface area contributed by atoms with Crippen LogP contribution in [-0.4, -0.2) is 52.1 Å². The number of likely N-dealkylation sites (tertiary alicyclic amines) is 1. The number of carbonyl (C=O) groups is 1. The van der Waals surface area contributed by atoms with Crippen LogP contribution in [0.2, 0.25) is 0 Å². The lowest BCUT2D eigenvalue weighted by atomic mass is 10.2. The maximum Gasteiger partial charge on any atom is 0.233 e. The van der Waals surface area contributed by atoms with Crippen molar-refractivity contribution in [3.05, 3.63) is 28.2 Å². The molecule has 19 heavy (non-hydrogen) atoms. The van der Waals surface area contributed by atoms with E-state index in [1.807, 2.05) is 25.1 Å². The highest BCUT2D eigenvalue weighted by molar-refractivity contribution is 9.10. The number of aliphatic hydroxyl groups excluding tert-OH is 2. The van der Waals surface area contributed by atoms with E-state index in [-0.39, 0.29) is 19.0 Å². The van der Waals surface area contributed by atoms with Crippen LogP contribution in [0.1, 0.15) is 5.56 Å². The average Bonchev–Trinajstić information content (AvgIpc) is 2.68. The van der Waals surface area contributed by atoms with Crippen LogP contribution >= 0.6 is 27.7 Å². The summed E-state index contributed by atoms with van der Waals surface area (Å²) in [5, 5.41) is 18.8. The Kier molecular flexibility index (Phi) is 4.89. The molecule has 4 nitrogen and oxygen atoms in total. The summed E-state index contributed by atoms with van der Waals surface area (Å²) in [7, 11) is 0.